The van der Waals surface area contributed by atoms with Crippen LogP contribution in [0.5, 0.6) is 5.75 Å². The number of pyridine rings is 2. The van der Waals surface area contributed by atoms with Gasteiger partial charge >= 0.3 is 0 Å². The summed E-state index contributed by atoms with van der Waals surface area (Å²) >= 11 is 5.92. The van der Waals surface area contributed by atoms with E-state index in [1.54, 1.807) is 16.8 Å². The first-order valence-corrected chi connectivity index (χ1v) is 11.6. The zero-order valence-electron chi connectivity index (χ0n) is 18.6. The molecule has 2 aromatic carbocycles. The third-order valence-electron chi connectivity index (χ3n) is 6.33. The molecule has 1 fully saturated rings. The van der Waals surface area contributed by atoms with Crippen LogP contribution in [0, 0.1) is 0 Å². The van der Waals surface area contributed by atoms with Gasteiger partial charge in [0, 0.05) is 40.9 Å². The van der Waals surface area contributed by atoms with E-state index in [1.165, 1.54) is 25.3 Å². The monoisotopic (exact) mass is 459 g/mol. The van der Waals surface area contributed by atoms with Gasteiger partial charge in [-0.05, 0) is 67.9 Å². The lowest BCUT2D eigenvalue weighted by atomic mass is 9.92. The molecule has 0 radical (unpaired) electrons. The number of benzene rings is 2. The van der Waals surface area contributed by atoms with Gasteiger partial charge in [0.15, 0.2) is 0 Å². The van der Waals surface area contributed by atoms with Crippen molar-refractivity contribution in [2.24, 2.45) is 0 Å². The summed E-state index contributed by atoms with van der Waals surface area (Å²) in [5.74, 6) is 0.536. The van der Waals surface area contributed by atoms with Crippen LogP contribution in [-0.4, -0.2) is 27.5 Å². The number of fused-ring (bicyclic) bond motifs is 1. The van der Waals surface area contributed by atoms with Crippen LogP contribution in [0.15, 0.2) is 77.7 Å². The molecule has 0 bridgehead atoms. The first kappa shape index (κ1) is 21.7. The number of nitrogens with zero attached hydrogens (tertiary/aromatic N) is 3. The molecule has 0 N–H and O–H groups in total. The van der Waals surface area contributed by atoms with Crippen molar-refractivity contribution < 1.29 is 4.74 Å². The summed E-state index contributed by atoms with van der Waals surface area (Å²) in [4.78, 5) is 20.0. The van der Waals surface area contributed by atoms with E-state index in [9.17, 15) is 4.79 Å². The van der Waals surface area contributed by atoms with Crippen molar-refractivity contribution in [1.82, 2.24) is 14.5 Å². The Morgan fingerprint density at radius 1 is 1.06 bits per heavy atom. The summed E-state index contributed by atoms with van der Waals surface area (Å²) < 4.78 is 7.40. The zero-order valence-corrected chi connectivity index (χ0v) is 19.3. The Labute approximate surface area is 198 Å². The maximum absolute atomic E-state index is 12.8. The van der Waals surface area contributed by atoms with E-state index in [0.29, 0.717) is 23.4 Å². The Morgan fingerprint density at radius 2 is 1.88 bits per heavy atom. The van der Waals surface area contributed by atoms with Gasteiger partial charge in [0.1, 0.15) is 12.4 Å². The van der Waals surface area contributed by atoms with E-state index in [2.05, 4.69) is 24.1 Å². The van der Waals surface area contributed by atoms with Crippen LogP contribution in [0.25, 0.3) is 16.6 Å². The van der Waals surface area contributed by atoms with Gasteiger partial charge in [-0.1, -0.05) is 36.2 Å². The van der Waals surface area contributed by atoms with E-state index in [0.717, 1.165) is 34.4 Å². The summed E-state index contributed by atoms with van der Waals surface area (Å²) in [7, 11) is 2.17. The van der Waals surface area contributed by atoms with Crippen molar-refractivity contribution in [3.8, 4) is 11.4 Å². The average molecular weight is 460 g/mol. The lowest BCUT2D eigenvalue weighted by Crippen LogP contribution is -2.36. The van der Waals surface area contributed by atoms with Crippen molar-refractivity contribution in [2.45, 2.75) is 38.5 Å². The van der Waals surface area contributed by atoms with E-state index in [-0.39, 0.29) is 5.56 Å². The largest absolute Gasteiger partial charge is 0.489 e. The second kappa shape index (κ2) is 9.38. The SMILES string of the molecule is CN(Cc1ccc2cc(-n3ccc(OCc4ccc(Cl)cc4)cc3=O)ccc2n1)C1CCC1. The second-order valence-corrected chi connectivity index (χ2v) is 9.10. The predicted octanol–water partition coefficient (Wildman–Crippen LogP) is 5.60. The third kappa shape index (κ3) is 4.95. The average Bonchev–Trinajstić information content (AvgIpc) is 2.77. The minimum absolute atomic E-state index is 0.144. The number of halogens is 1. The predicted molar refractivity (Wildman–Crippen MR) is 132 cm³/mol. The smallest absolute Gasteiger partial charge is 0.258 e. The van der Waals surface area contributed by atoms with Crippen molar-refractivity contribution in [3.63, 3.8) is 0 Å². The topological polar surface area (TPSA) is 47.4 Å². The normalized spacial score (nSPS) is 13.9. The molecule has 2 aromatic heterocycles. The lowest BCUT2D eigenvalue weighted by Gasteiger charge is -2.34. The van der Waals surface area contributed by atoms with E-state index < -0.39 is 0 Å². The molecule has 33 heavy (non-hydrogen) atoms. The van der Waals surface area contributed by atoms with Crippen LogP contribution in [-0.2, 0) is 13.2 Å². The Morgan fingerprint density at radius 3 is 2.61 bits per heavy atom. The Balaban J connectivity index is 1.31. The fraction of sp³-hybridized carbons (Fsp3) is 0.259. The molecule has 0 spiro atoms. The highest BCUT2D eigenvalue weighted by atomic mass is 35.5. The maximum Gasteiger partial charge on any atom is 0.258 e. The van der Waals surface area contributed by atoms with Crippen molar-refractivity contribution in [1.29, 1.82) is 0 Å². The summed E-state index contributed by atoms with van der Waals surface area (Å²) in [5.41, 5.74) is 3.66. The Bertz CT molecular complexity index is 1330. The van der Waals surface area contributed by atoms with E-state index >= 15 is 0 Å². The minimum atomic E-state index is -0.144. The van der Waals surface area contributed by atoms with Crippen LogP contribution in [0.3, 0.4) is 0 Å². The summed E-state index contributed by atoms with van der Waals surface area (Å²) in [6.45, 7) is 1.24. The number of hydrogen-bond acceptors (Lipinski definition) is 4. The molecule has 1 aliphatic carbocycles. The molecule has 5 rings (SSSR count). The molecule has 0 saturated heterocycles. The molecule has 1 saturated carbocycles. The second-order valence-electron chi connectivity index (χ2n) is 8.67. The van der Waals surface area contributed by atoms with Crippen LogP contribution in [0.4, 0.5) is 0 Å². The first-order valence-electron chi connectivity index (χ1n) is 11.3. The number of aromatic nitrogens is 2. The highest BCUT2D eigenvalue weighted by Crippen LogP contribution is 2.25. The maximum atomic E-state index is 12.8. The van der Waals surface area contributed by atoms with Crippen molar-refractivity contribution >= 4 is 22.5 Å². The Hall–Kier alpha value is -3.15. The molecule has 6 heteroatoms. The van der Waals surface area contributed by atoms with Gasteiger partial charge in [0.25, 0.3) is 5.56 Å². The summed E-state index contributed by atoms with van der Waals surface area (Å²) in [5, 5.41) is 1.70. The standard InChI is InChI=1S/C27H26ClN3O2/c1-30(23-3-2-4-23)17-22-10-7-20-15-24(11-12-26(20)29-22)31-14-13-25(16-27(31)32)33-18-19-5-8-21(28)9-6-19/h5-16,23H,2-4,17-18H2,1H3. The van der Waals surface area contributed by atoms with Crippen LogP contribution < -0.4 is 10.3 Å². The molecule has 0 amide bonds. The molecule has 0 aliphatic heterocycles. The fourth-order valence-electron chi connectivity index (χ4n) is 4.12. The molecular formula is C27H26ClN3O2. The number of rotatable bonds is 7. The zero-order chi connectivity index (χ0) is 22.8. The summed E-state index contributed by atoms with van der Waals surface area (Å²) in [6.07, 6.45) is 5.65. The van der Waals surface area contributed by atoms with Crippen LogP contribution in [0.2, 0.25) is 5.02 Å². The van der Waals surface area contributed by atoms with Crippen molar-refractivity contribution in [3.05, 3.63) is 99.6 Å². The van der Waals surface area contributed by atoms with Gasteiger partial charge in [-0.25, -0.2) is 0 Å². The fourth-order valence-corrected chi connectivity index (χ4v) is 4.24. The van der Waals surface area contributed by atoms with E-state index in [4.69, 9.17) is 21.3 Å². The lowest BCUT2D eigenvalue weighted by molar-refractivity contribution is 0.151. The van der Waals surface area contributed by atoms with Crippen LogP contribution in [0.1, 0.15) is 30.5 Å². The van der Waals surface area contributed by atoms with Gasteiger partial charge in [-0.2, -0.15) is 0 Å². The quantitative estimate of drug-likeness (QED) is 0.361. The minimum Gasteiger partial charge on any atom is -0.489 e. The molecule has 168 valence electrons. The van der Waals surface area contributed by atoms with Gasteiger partial charge < -0.3 is 4.74 Å². The van der Waals surface area contributed by atoms with Gasteiger partial charge in [0.2, 0.25) is 0 Å². The molecule has 4 aromatic rings. The first-order chi connectivity index (χ1) is 16.0. The van der Waals surface area contributed by atoms with E-state index in [1.807, 2.05) is 42.5 Å². The van der Waals surface area contributed by atoms with Gasteiger partial charge in [-0.3, -0.25) is 19.2 Å². The molecular weight excluding hydrogens is 434 g/mol. The molecule has 2 heterocycles. The highest BCUT2D eigenvalue weighted by molar-refractivity contribution is 6.30. The molecule has 1 aliphatic rings. The third-order valence-corrected chi connectivity index (χ3v) is 6.58. The van der Waals surface area contributed by atoms with Gasteiger partial charge in [0.05, 0.1) is 11.2 Å². The molecule has 0 atom stereocenters. The summed E-state index contributed by atoms with van der Waals surface area (Å²) in [6, 6.07) is 21.5. The number of ether oxygens (including phenoxy) is 1. The molecule has 5 nitrogen and oxygen atoms in total. The molecule has 0 unspecified atom stereocenters. The number of hydrogen-bond donors (Lipinski definition) is 0. The highest BCUT2D eigenvalue weighted by Gasteiger charge is 2.22. The van der Waals surface area contributed by atoms with Crippen molar-refractivity contribution in [2.75, 3.05) is 7.05 Å². The van der Waals surface area contributed by atoms with Crippen LogP contribution >= 0.6 is 11.6 Å². The van der Waals surface area contributed by atoms with Gasteiger partial charge in [-0.15, -0.1) is 0 Å². The Kier molecular flexibility index (Phi) is 6.16.